The Morgan fingerprint density at radius 2 is 1.62 bits per heavy atom. The molecule has 0 amide bonds. The van der Waals surface area contributed by atoms with E-state index in [4.69, 9.17) is 0 Å². The van der Waals surface area contributed by atoms with Crippen molar-refractivity contribution in [2.24, 2.45) is 0 Å². The molecule has 0 atom stereocenters. The van der Waals surface area contributed by atoms with Crippen LogP contribution in [0.1, 0.15) is 69.3 Å². The topological polar surface area (TPSA) is 32.3 Å². The fourth-order valence-electron chi connectivity index (χ4n) is 4.26. The maximum atomic E-state index is 9.97. The molecule has 0 heterocycles. The molecule has 0 aliphatic heterocycles. The summed E-state index contributed by atoms with van der Waals surface area (Å²) in [6.07, 6.45) is 11.3. The normalized spacial score (nSPS) is 31.2. The second-order valence-electron chi connectivity index (χ2n) is 7.10. The first-order valence-electron chi connectivity index (χ1n) is 8.75. The summed E-state index contributed by atoms with van der Waals surface area (Å²) in [5.41, 5.74) is 1.47. The maximum absolute atomic E-state index is 9.97. The highest BCUT2D eigenvalue weighted by molar-refractivity contribution is 5.20. The molecule has 0 radical (unpaired) electrons. The van der Waals surface area contributed by atoms with E-state index in [2.05, 4.69) is 35.6 Å². The summed E-state index contributed by atoms with van der Waals surface area (Å²) >= 11 is 0. The van der Waals surface area contributed by atoms with E-state index in [0.29, 0.717) is 18.6 Å². The third-order valence-electron chi connectivity index (χ3n) is 5.63. The molecule has 0 saturated heterocycles. The van der Waals surface area contributed by atoms with Crippen LogP contribution in [0.4, 0.5) is 0 Å². The Balaban J connectivity index is 1.59. The van der Waals surface area contributed by atoms with Crippen LogP contribution in [0.2, 0.25) is 0 Å². The van der Waals surface area contributed by atoms with Gasteiger partial charge in [-0.3, -0.25) is 0 Å². The number of hydrogen-bond acceptors (Lipinski definition) is 2. The van der Waals surface area contributed by atoms with Gasteiger partial charge in [-0.05, 0) is 50.0 Å². The number of aliphatic hydroxyl groups is 1. The van der Waals surface area contributed by atoms with Crippen LogP contribution in [-0.4, -0.2) is 23.3 Å². The van der Waals surface area contributed by atoms with Gasteiger partial charge in [0.2, 0.25) is 0 Å². The summed E-state index contributed by atoms with van der Waals surface area (Å²) in [5, 5.41) is 13.8. The lowest BCUT2D eigenvalue weighted by atomic mass is 9.73. The molecule has 3 rings (SSSR count). The molecule has 1 aromatic carbocycles. The van der Waals surface area contributed by atoms with Gasteiger partial charge in [-0.25, -0.2) is 0 Å². The first-order chi connectivity index (χ1) is 10.3. The Hall–Kier alpha value is -0.860. The molecule has 2 aliphatic rings. The van der Waals surface area contributed by atoms with E-state index < -0.39 is 0 Å². The Morgan fingerprint density at radius 3 is 2.24 bits per heavy atom. The Labute approximate surface area is 129 Å². The molecule has 2 fully saturated rings. The van der Waals surface area contributed by atoms with Crippen molar-refractivity contribution >= 4 is 0 Å². The van der Waals surface area contributed by atoms with E-state index in [0.717, 1.165) is 12.8 Å². The molecule has 1 aromatic rings. The van der Waals surface area contributed by atoms with Gasteiger partial charge in [0.1, 0.15) is 0 Å². The molecule has 0 bridgehead atoms. The number of nitrogens with one attached hydrogen (secondary N) is 1. The van der Waals surface area contributed by atoms with Crippen LogP contribution in [-0.2, 0) is 0 Å². The van der Waals surface area contributed by atoms with Gasteiger partial charge in [0.25, 0.3) is 0 Å². The maximum Gasteiger partial charge on any atom is 0.0613 e. The van der Waals surface area contributed by atoms with E-state index >= 15 is 0 Å². The van der Waals surface area contributed by atoms with Gasteiger partial charge in [0.05, 0.1) is 6.61 Å². The fraction of sp³-hybridized carbons (Fsp3) is 0.684. The van der Waals surface area contributed by atoms with Gasteiger partial charge < -0.3 is 10.4 Å². The predicted molar refractivity (Wildman–Crippen MR) is 87.5 cm³/mol. The second-order valence-corrected chi connectivity index (χ2v) is 7.10. The van der Waals surface area contributed by atoms with Crippen molar-refractivity contribution in [1.82, 2.24) is 5.32 Å². The van der Waals surface area contributed by atoms with Gasteiger partial charge in [-0.15, -0.1) is 0 Å². The first kappa shape index (κ1) is 15.1. The Morgan fingerprint density at radius 1 is 0.952 bits per heavy atom. The third-order valence-corrected chi connectivity index (χ3v) is 5.63. The predicted octanol–water partition coefficient (Wildman–Crippen LogP) is 4.00. The molecule has 2 saturated carbocycles. The lowest BCUT2D eigenvalue weighted by Gasteiger charge is -2.43. The van der Waals surface area contributed by atoms with Crippen molar-refractivity contribution < 1.29 is 5.11 Å². The first-order valence-corrected chi connectivity index (χ1v) is 8.75. The molecule has 2 aliphatic carbocycles. The zero-order valence-electron chi connectivity index (χ0n) is 13.1. The van der Waals surface area contributed by atoms with E-state index in [-0.39, 0.29) is 5.54 Å². The summed E-state index contributed by atoms with van der Waals surface area (Å²) in [6.45, 7) is 0.297. The van der Waals surface area contributed by atoms with Gasteiger partial charge >= 0.3 is 0 Å². The number of rotatable bonds is 4. The molecule has 2 nitrogen and oxygen atoms in total. The Bertz CT molecular complexity index is 416. The highest BCUT2D eigenvalue weighted by atomic mass is 16.3. The molecule has 21 heavy (non-hydrogen) atoms. The number of hydrogen-bond donors (Lipinski definition) is 2. The molecule has 0 aromatic heterocycles. The monoisotopic (exact) mass is 287 g/mol. The minimum atomic E-state index is -0.00666. The van der Waals surface area contributed by atoms with E-state index in [9.17, 15) is 5.11 Å². The van der Waals surface area contributed by atoms with Gasteiger partial charge in [-0.1, -0.05) is 49.6 Å². The average molecular weight is 287 g/mol. The second kappa shape index (κ2) is 6.93. The lowest BCUT2D eigenvalue weighted by molar-refractivity contribution is 0.0954. The van der Waals surface area contributed by atoms with Crippen LogP contribution < -0.4 is 5.32 Å². The van der Waals surface area contributed by atoms with E-state index in [1.54, 1.807) is 0 Å². The smallest absolute Gasteiger partial charge is 0.0613 e. The summed E-state index contributed by atoms with van der Waals surface area (Å²) in [6, 6.07) is 11.5. The highest BCUT2D eigenvalue weighted by Crippen LogP contribution is 2.38. The Kier molecular flexibility index (Phi) is 4.97. The van der Waals surface area contributed by atoms with Crippen molar-refractivity contribution in [2.75, 3.05) is 6.61 Å². The summed E-state index contributed by atoms with van der Waals surface area (Å²) in [4.78, 5) is 0. The van der Waals surface area contributed by atoms with Gasteiger partial charge in [0, 0.05) is 11.6 Å². The van der Waals surface area contributed by atoms with Crippen molar-refractivity contribution in [3.63, 3.8) is 0 Å². The van der Waals surface area contributed by atoms with Gasteiger partial charge in [0.15, 0.2) is 0 Å². The SMILES string of the molecule is OCC1(NC2CCCCC2)CCC(c2ccccc2)CC1. The highest BCUT2D eigenvalue weighted by Gasteiger charge is 2.36. The summed E-state index contributed by atoms with van der Waals surface area (Å²) in [5.74, 6) is 0.680. The number of aliphatic hydroxyl groups excluding tert-OH is 1. The largest absolute Gasteiger partial charge is 0.394 e. The van der Waals surface area contributed by atoms with Crippen molar-refractivity contribution in [3.05, 3.63) is 35.9 Å². The summed E-state index contributed by atoms with van der Waals surface area (Å²) in [7, 11) is 0. The average Bonchev–Trinajstić information content (AvgIpc) is 2.57. The van der Waals surface area contributed by atoms with Crippen molar-refractivity contribution in [3.8, 4) is 0 Å². The van der Waals surface area contributed by atoms with E-state index in [1.807, 2.05) is 0 Å². The minimum absolute atomic E-state index is 0.00666. The van der Waals surface area contributed by atoms with Crippen molar-refractivity contribution in [2.45, 2.75) is 75.3 Å². The van der Waals surface area contributed by atoms with Crippen LogP contribution in [0.15, 0.2) is 30.3 Å². The van der Waals surface area contributed by atoms with Crippen LogP contribution in [0.25, 0.3) is 0 Å². The third kappa shape index (κ3) is 3.67. The molecule has 2 heteroatoms. The lowest BCUT2D eigenvalue weighted by Crippen LogP contribution is -2.55. The molecule has 0 unspecified atom stereocenters. The minimum Gasteiger partial charge on any atom is -0.394 e. The molecule has 2 N–H and O–H groups in total. The summed E-state index contributed by atoms with van der Waals surface area (Å²) < 4.78 is 0. The van der Waals surface area contributed by atoms with Crippen molar-refractivity contribution in [1.29, 1.82) is 0 Å². The molecular formula is C19H29NO. The molecule has 0 spiro atoms. The van der Waals surface area contributed by atoms with Gasteiger partial charge in [-0.2, -0.15) is 0 Å². The number of benzene rings is 1. The fourth-order valence-corrected chi connectivity index (χ4v) is 4.26. The zero-order valence-corrected chi connectivity index (χ0v) is 13.1. The van der Waals surface area contributed by atoms with E-state index in [1.165, 1.54) is 50.5 Å². The quantitative estimate of drug-likeness (QED) is 0.877. The van der Waals surface area contributed by atoms with Crippen LogP contribution in [0.3, 0.4) is 0 Å². The van der Waals surface area contributed by atoms with Crippen LogP contribution in [0, 0.1) is 0 Å². The van der Waals surface area contributed by atoms with Crippen LogP contribution >= 0.6 is 0 Å². The zero-order chi connectivity index (χ0) is 14.5. The molecular weight excluding hydrogens is 258 g/mol. The van der Waals surface area contributed by atoms with Crippen LogP contribution in [0.5, 0.6) is 0 Å². The molecule has 116 valence electrons. The standard InChI is InChI=1S/C19H29NO/c21-15-19(20-18-9-5-2-6-10-18)13-11-17(12-14-19)16-7-3-1-4-8-16/h1,3-4,7-8,17-18,20-21H,2,5-6,9-15H2.